The van der Waals surface area contributed by atoms with Gasteiger partial charge in [-0.1, -0.05) is 31.5 Å². The second-order valence-corrected chi connectivity index (χ2v) is 7.08. The summed E-state index contributed by atoms with van der Waals surface area (Å²) in [4.78, 5) is 11.4. The van der Waals surface area contributed by atoms with Crippen molar-refractivity contribution in [2.75, 3.05) is 4.72 Å². The number of rotatable bonds is 6. The van der Waals surface area contributed by atoms with E-state index in [2.05, 4.69) is 11.6 Å². The first-order valence-electron chi connectivity index (χ1n) is 7.35. The van der Waals surface area contributed by atoms with Crippen molar-refractivity contribution in [3.63, 3.8) is 0 Å². The molecule has 0 atom stereocenters. The topological polar surface area (TPSA) is 89.3 Å². The maximum atomic E-state index is 12.4. The number of amides is 1. The van der Waals surface area contributed by atoms with Crippen LogP contribution in [0.25, 0.3) is 0 Å². The van der Waals surface area contributed by atoms with E-state index in [0.29, 0.717) is 11.3 Å². The Balaban J connectivity index is 2.28. The standard InChI is InChI=1S/C17H20N2O3S/c1-3-4-13-6-8-14(9-7-13)19-23(21,22)15-10-5-12(2)16(11-15)17(18)20/h5-11,19H,3-4H2,1-2H3,(H2,18,20). The van der Waals surface area contributed by atoms with Crippen molar-refractivity contribution in [3.8, 4) is 0 Å². The first kappa shape index (κ1) is 17.0. The molecule has 0 bridgehead atoms. The second kappa shape index (κ2) is 6.83. The molecular formula is C17H20N2O3S. The average molecular weight is 332 g/mol. The lowest BCUT2D eigenvalue weighted by Crippen LogP contribution is -2.17. The molecule has 0 fully saturated rings. The van der Waals surface area contributed by atoms with Gasteiger partial charge in [-0.15, -0.1) is 0 Å². The number of primary amides is 1. The largest absolute Gasteiger partial charge is 0.366 e. The van der Waals surface area contributed by atoms with Crippen molar-refractivity contribution in [2.45, 2.75) is 31.6 Å². The zero-order valence-corrected chi connectivity index (χ0v) is 14.0. The van der Waals surface area contributed by atoms with Crippen LogP contribution in [0.1, 0.15) is 34.8 Å². The lowest BCUT2D eigenvalue weighted by molar-refractivity contribution is 0.0999. The van der Waals surface area contributed by atoms with Crippen LogP contribution in [0.2, 0.25) is 0 Å². The maximum Gasteiger partial charge on any atom is 0.261 e. The van der Waals surface area contributed by atoms with Crippen molar-refractivity contribution < 1.29 is 13.2 Å². The molecule has 0 aliphatic heterocycles. The molecular weight excluding hydrogens is 312 g/mol. The van der Waals surface area contributed by atoms with Crippen LogP contribution >= 0.6 is 0 Å². The smallest absolute Gasteiger partial charge is 0.261 e. The highest BCUT2D eigenvalue weighted by Gasteiger charge is 2.17. The summed E-state index contributed by atoms with van der Waals surface area (Å²) in [5, 5.41) is 0. The number of carbonyl (C=O) groups excluding carboxylic acids is 1. The molecule has 3 N–H and O–H groups in total. The molecule has 0 aliphatic carbocycles. The summed E-state index contributed by atoms with van der Waals surface area (Å²) in [6, 6.07) is 11.6. The quantitative estimate of drug-likeness (QED) is 0.852. The number of nitrogens with two attached hydrogens (primary N) is 1. The zero-order chi connectivity index (χ0) is 17.0. The van der Waals surface area contributed by atoms with E-state index in [4.69, 9.17) is 5.73 Å². The summed E-state index contributed by atoms with van der Waals surface area (Å²) in [5.74, 6) is -0.650. The van der Waals surface area contributed by atoms with Gasteiger partial charge in [-0.2, -0.15) is 0 Å². The van der Waals surface area contributed by atoms with E-state index in [9.17, 15) is 13.2 Å². The molecule has 2 aromatic carbocycles. The van der Waals surface area contributed by atoms with E-state index in [1.54, 1.807) is 25.1 Å². The summed E-state index contributed by atoms with van der Waals surface area (Å²) in [7, 11) is -3.77. The Bertz CT molecular complexity index is 812. The third kappa shape index (κ3) is 4.10. The first-order valence-corrected chi connectivity index (χ1v) is 8.84. The van der Waals surface area contributed by atoms with Crippen molar-refractivity contribution in [3.05, 3.63) is 59.2 Å². The molecule has 0 aromatic heterocycles. The van der Waals surface area contributed by atoms with E-state index in [1.807, 2.05) is 12.1 Å². The molecule has 6 heteroatoms. The van der Waals surface area contributed by atoms with Gasteiger partial charge in [-0.25, -0.2) is 8.42 Å². The fourth-order valence-electron chi connectivity index (χ4n) is 2.28. The molecule has 0 unspecified atom stereocenters. The second-order valence-electron chi connectivity index (χ2n) is 5.39. The Labute approximate surface area is 136 Å². The van der Waals surface area contributed by atoms with E-state index in [-0.39, 0.29) is 10.5 Å². The highest BCUT2D eigenvalue weighted by molar-refractivity contribution is 7.92. The molecule has 0 spiro atoms. The van der Waals surface area contributed by atoms with E-state index < -0.39 is 15.9 Å². The van der Waals surface area contributed by atoms with Gasteiger partial charge >= 0.3 is 0 Å². The number of carbonyl (C=O) groups is 1. The molecule has 1 amide bonds. The highest BCUT2D eigenvalue weighted by atomic mass is 32.2. The highest BCUT2D eigenvalue weighted by Crippen LogP contribution is 2.19. The van der Waals surface area contributed by atoms with Crippen LogP contribution < -0.4 is 10.5 Å². The molecule has 5 nitrogen and oxygen atoms in total. The number of hydrogen-bond acceptors (Lipinski definition) is 3. The van der Waals surface area contributed by atoms with Gasteiger partial charge in [0.25, 0.3) is 10.0 Å². The molecule has 122 valence electrons. The van der Waals surface area contributed by atoms with Gasteiger partial charge < -0.3 is 5.73 Å². The third-order valence-corrected chi connectivity index (χ3v) is 4.91. The van der Waals surface area contributed by atoms with Gasteiger partial charge in [-0.05, 0) is 48.7 Å². The van der Waals surface area contributed by atoms with Crippen molar-refractivity contribution in [2.24, 2.45) is 5.73 Å². The number of nitrogens with one attached hydrogen (secondary N) is 1. The van der Waals surface area contributed by atoms with Crippen molar-refractivity contribution in [1.82, 2.24) is 0 Å². The number of hydrogen-bond donors (Lipinski definition) is 2. The van der Waals surface area contributed by atoms with Gasteiger partial charge in [0.2, 0.25) is 5.91 Å². The molecule has 0 heterocycles. The number of aryl methyl sites for hydroxylation is 2. The van der Waals surface area contributed by atoms with Crippen LogP contribution in [0.4, 0.5) is 5.69 Å². The molecule has 2 aromatic rings. The fourth-order valence-corrected chi connectivity index (χ4v) is 3.36. The SMILES string of the molecule is CCCc1ccc(NS(=O)(=O)c2ccc(C)c(C(N)=O)c2)cc1. The Morgan fingerprint density at radius 1 is 1.13 bits per heavy atom. The minimum absolute atomic E-state index is 0.00883. The van der Waals surface area contributed by atoms with Crippen LogP contribution in [0.15, 0.2) is 47.4 Å². The van der Waals surface area contributed by atoms with Crippen molar-refractivity contribution >= 4 is 21.6 Å². The molecule has 0 saturated carbocycles. The van der Waals surface area contributed by atoms with Crippen LogP contribution in [-0.4, -0.2) is 14.3 Å². The van der Waals surface area contributed by atoms with Gasteiger partial charge in [0.05, 0.1) is 4.90 Å². The molecule has 0 aliphatic rings. The maximum absolute atomic E-state index is 12.4. The fraction of sp³-hybridized carbons (Fsp3) is 0.235. The van der Waals surface area contributed by atoms with E-state index in [0.717, 1.165) is 18.4 Å². The summed E-state index contributed by atoms with van der Waals surface area (Å²) >= 11 is 0. The predicted molar refractivity (Wildman–Crippen MR) is 90.9 cm³/mol. The van der Waals surface area contributed by atoms with Crippen molar-refractivity contribution in [1.29, 1.82) is 0 Å². The number of anilines is 1. The summed E-state index contributed by atoms with van der Waals surface area (Å²) in [6.07, 6.45) is 1.98. The average Bonchev–Trinajstić information content (AvgIpc) is 2.49. The number of benzene rings is 2. The molecule has 0 radical (unpaired) electrons. The number of sulfonamides is 1. The lowest BCUT2D eigenvalue weighted by Gasteiger charge is -2.10. The van der Waals surface area contributed by atoms with Gasteiger partial charge in [0.1, 0.15) is 0 Å². The summed E-state index contributed by atoms with van der Waals surface area (Å²) in [5.41, 5.74) is 7.74. The predicted octanol–water partition coefficient (Wildman–Crippen LogP) is 2.85. The Morgan fingerprint density at radius 3 is 2.35 bits per heavy atom. The van der Waals surface area contributed by atoms with Gasteiger partial charge in [0, 0.05) is 11.3 Å². The van der Waals surface area contributed by atoms with E-state index in [1.165, 1.54) is 12.1 Å². The monoisotopic (exact) mass is 332 g/mol. The minimum Gasteiger partial charge on any atom is -0.366 e. The Hall–Kier alpha value is -2.34. The molecule has 0 saturated heterocycles. The van der Waals surface area contributed by atoms with Gasteiger partial charge in [0.15, 0.2) is 0 Å². The van der Waals surface area contributed by atoms with Crippen LogP contribution in [0.5, 0.6) is 0 Å². The summed E-state index contributed by atoms with van der Waals surface area (Å²) < 4.78 is 27.4. The first-order chi connectivity index (χ1) is 10.8. The van der Waals surface area contributed by atoms with Crippen LogP contribution in [-0.2, 0) is 16.4 Å². The summed E-state index contributed by atoms with van der Waals surface area (Å²) in [6.45, 7) is 3.79. The minimum atomic E-state index is -3.77. The normalized spacial score (nSPS) is 11.2. The zero-order valence-electron chi connectivity index (χ0n) is 13.2. The lowest BCUT2D eigenvalue weighted by atomic mass is 10.1. The molecule has 23 heavy (non-hydrogen) atoms. The van der Waals surface area contributed by atoms with Gasteiger partial charge in [-0.3, -0.25) is 9.52 Å². The Morgan fingerprint density at radius 2 is 1.78 bits per heavy atom. The third-order valence-electron chi connectivity index (χ3n) is 3.53. The molecule has 2 rings (SSSR count). The van der Waals surface area contributed by atoms with Crippen LogP contribution in [0.3, 0.4) is 0 Å². The Kier molecular flexibility index (Phi) is 5.05. The van der Waals surface area contributed by atoms with E-state index >= 15 is 0 Å². The van der Waals surface area contributed by atoms with Crippen LogP contribution in [0, 0.1) is 6.92 Å².